The van der Waals surface area contributed by atoms with E-state index in [0.717, 1.165) is 5.70 Å². The Balaban J connectivity index is 2.28. The van der Waals surface area contributed by atoms with Crippen molar-refractivity contribution in [1.29, 1.82) is 0 Å². The Morgan fingerprint density at radius 1 is 1.36 bits per heavy atom. The number of esters is 1. The first kappa shape index (κ1) is 20.1. The third-order valence-electron chi connectivity index (χ3n) is 5.15. The van der Waals surface area contributed by atoms with Gasteiger partial charge in [0.2, 0.25) is 0 Å². The lowest BCUT2D eigenvalue weighted by Crippen LogP contribution is -2.38. The second kappa shape index (κ2) is 7.05. The van der Waals surface area contributed by atoms with Gasteiger partial charge in [0, 0.05) is 46.5 Å². The molecule has 0 saturated heterocycles. The minimum atomic E-state index is -0.820. The number of non-ortho nitro benzene ring substituents is 1. The number of halogens is 1. The average Bonchev–Trinajstić information content (AvgIpc) is 2.59. The van der Waals surface area contributed by atoms with Crippen LogP contribution in [0.25, 0.3) is 0 Å². The van der Waals surface area contributed by atoms with E-state index >= 15 is 0 Å². The Hall–Kier alpha value is -2.67. The predicted octanol–water partition coefficient (Wildman–Crippen LogP) is 4.03. The maximum Gasteiger partial charge on any atom is 0.336 e. The number of carbonyl (C=O) groups is 2. The molecular formula is C20H21ClN2O5. The first-order valence-electron chi connectivity index (χ1n) is 8.82. The number of nitro groups is 1. The third kappa shape index (κ3) is 3.42. The number of ether oxygens (including phenoxy) is 1. The molecule has 1 aliphatic heterocycles. The van der Waals surface area contributed by atoms with Crippen LogP contribution in [0, 0.1) is 15.5 Å². The number of rotatable bonds is 3. The van der Waals surface area contributed by atoms with Gasteiger partial charge >= 0.3 is 5.97 Å². The quantitative estimate of drug-likeness (QED) is 0.464. The zero-order valence-electron chi connectivity index (χ0n) is 16.1. The Morgan fingerprint density at radius 2 is 2.04 bits per heavy atom. The van der Waals surface area contributed by atoms with Gasteiger partial charge in [0.25, 0.3) is 5.69 Å². The number of nitrogens with zero attached hydrogens (tertiary/aromatic N) is 1. The van der Waals surface area contributed by atoms with E-state index in [9.17, 15) is 19.7 Å². The number of hydrogen-bond donors (Lipinski definition) is 1. The molecule has 7 nitrogen and oxygen atoms in total. The van der Waals surface area contributed by atoms with Crippen molar-refractivity contribution in [3.63, 3.8) is 0 Å². The predicted molar refractivity (Wildman–Crippen MR) is 104 cm³/mol. The molecule has 0 amide bonds. The molecular weight excluding hydrogens is 384 g/mol. The highest BCUT2D eigenvalue weighted by atomic mass is 35.5. The minimum Gasteiger partial charge on any atom is -0.466 e. The number of benzene rings is 1. The molecule has 8 heteroatoms. The van der Waals surface area contributed by atoms with Crippen LogP contribution in [0.15, 0.2) is 40.7 Å². The minimum absolute atomic E-state index is 0.111. The lowest BCUT2D eigenvalue weighted by molar-refractivity contribution is -0.384. The standard InChI is InChI=1S/C20H21ClN2O5/c1-10-16(19(25)28-4)17(12-7-11(23(26)27)5-6-13(12)21)18-14(22-10)8-20(2,3)9-15(18)24/h5-7,17,22H,8-9H2,1-4H3/t17-/m1/s1. The summed E-state index contributed by atoms with van der Waals surface area (Å²) in [5.74, 6) is -1.54. The van der Waals surface area contributed by atoms with Gasteiger partial charge in [0.05, 0.1) is 17.6 Å². The van der Waals surface area contributed by atoms with Crippen molar-refractivity contribution < 1.29 is 19.2 Å². The lowest BCUT2D eigenvalue weighted by atomic mass is 9.68. The van der Waals surface area contributed by atoms with Crippen molar-refractivity contribution in [2.75, 3.05) is 7.11 Å². The molecule has 1 aromatic carbocycles. The van der Waals surface area contributed by atoms with E-state index in [1.165, 1.54) is 25.3 Å². The van der Waals surface area contributed by atoms with Gasteiger partial charge in [0.1, 0.15) is 0 Å². The molecule has 3 rings (SSSR count). The van der Waals surface area contributed by atoms with E-state index in [1.54, 1.807) is 6.92 Å². The number of Topliss-reactive ketones (excluding diaryl/α,β-unsaturated/α-hetero) is 1. The van der Waals surface area contributed by atoms with Crippen molar-refractivity contribution in [1.82, 2.24) is 5.32 Å². The Bertz CT molecular complexity index is 961. The van der Waals surface area contributed by atoms with Gasteiger partial charge in [-0.05, 0) is 30.4 Å². The summed E-state index contributed by atoms with van der Waals surface area (Å²) in [5.41, 5.74) is 1.87. The van der Waals surface area contributed by atoms with Gasteiger partial charge in [-0.15, -0.1) is 0 Å². The molecule has 1 heterocycles. The number of ketones is 1. The first-order valence-corrected chi connectivity index (χ1v) is 9.19. The molecule has 0 aromatic heterocycles. The van der Waals surface area contributed by atoms with Crippen molar-refractivity contribution in [3.8, 4) is 0 Å². The van der Waals surface area contributed by atoms with Gasteiger partial charge in [-0.1, -0.05) is 25.4 Å². The second-order valence-corrected chi connectivity index (χ2v) is 8.29. The maximum absolute atomic E-state index is 13.1. The largest absolute Gasteiger partial charge is 0.466 e. The van der Waals surface area contributed by atoms with Gasteiger partial charge in [-0.25, -0.2) is 4.79 Å². The van der Waals surface area contributed by atoms with Crippen molar-refractivity contribution in [2.45, 2.75) is 39.5 Å². The molecule has 0 unspecified atom stereocenters. The monoisotopic (exact) mass is 404 g/mol. The molecule has 0 fully saturated rings. The van der Waals surface area contributed by atoms with Crippen LogP contribution in [0.2, 0.25) is 5.02 Å². The fourth-order valence-corrected chi connectivity index (χ4v) is 4.22. The summed E-state index contributed by atoms with van der Waals surface area (Å²) >= 11 is 6.38. The van der Waals surface area contributed by atoms with Crippen LogP contribution in [0.3, 0.4) is 0 Å². The van der Waals surface area contributed by atoms with Crippen LogP contribution in [-0.2, 0) is 14.3 Å². The van der Waals surface area contributed by atoms with Gasteiger partial charge in [0.15, 0.2) is 5.78 Å². The number of nitro benzene ring substituents is 1. The summed E-state index contributed by atoms with van der Waals surface area (Å²) in [5, 5.41) is 14.7. The summed E-state index contributed by atoms with van der Waals surface area (Å²) in [6.07, 6.45) is 0.924. The number of hydrogen-bond acceptors (Lipinski definition) is 6. The molecule has 2 aliphatic rings. The summed E-state index contributed by atoms with van der Waals surface area (Å²) in [6, 6.07) is 4.04. The van der Waals surface area contributed by atoms with E-state index in [1.807, 2.05) is 13.8 Å². The number of allylic oxidation sites excluding steroid dienone is 3. The van der Waals surface area contributed by atoms with Gasteiger partial charge in [-0.2, -0.15) is 0 Å². The van der Waals surface area contributed by atoms with E-state index in [-0.39, 0.29) is 27.5 Å². The van der Waals surface area contributed by atoms with Crippen molar-refractivity contribution in [2.24, 2.45) is 5.41 Å². The molecule has 1 aromatic rings. The molecule has 0 radical (unpaired) electrons. The highest BCUT2D eigenvalue weighted by Crippen LogP contribution is 2.48. The maximum atomic E-state index is 13.1. The number of nitrogens with one attached hydrogen (secondary N) is 1. The van der Waals surface area contributed by atoms with Crippen LogP contribution < -0.4 is 5.32 Å². The van der Waals surface area contributed by atoms with Gasteiger partial charge < -0.3 is 10.1 Å². The zero-order chi connectivity index (χ0) is 20.8. The average molecular weight is 405 g/mol. The van der Waals surface area contributed by atoms with E-state index in [2.05, 4.69) is 5.32 Å². The Kier molecular flexibility index (Phi) is 5.06. The highest BCUT2D eigenvalue weighted by molar-refractivity contribution is 6.31. The summed E-state index contributed by atoms with van der Waals surface area (Å²) in [6.45, 7) is 5.72. The van der Waals surface area contributed by atoms with E-state index in [0.29, 0.717) is 29.7 Å². The summed E-state index contributed by atoms with van der Waals surface area (Å²) in [4.78, 5) is 36.4. The molecule has 0 bridgehead atoms. The van der Waals surface area contributed by atoms with Crippen LogP contribution in [-0.4, -0.2) is 23.8 Å². The van der Waals surface area contributed by atoms with E-state index < -0.39 is 16.8 Å². The van der Waals surface area contributed by atoms with Crippen molar-refractivity contribution >= 4 is 29.0 Å². The second-order valence-electron chi connectivity index (χ2n) is 7.88. The first-order chi connectivity index (χ1) is 13.1. The highest BCUT2D eigenvalue weighted by Gasteiger charge is 2.43. The fraction of sp³-hybridized carbons (Fsp3) is 0.400. The molecule has 1 N–H and O–H groups in total. The van der Waals surface area contributed by atoms with Crippen LogP contribution in [0.1, 0.15) is 45.1 Å². The lowest BCUT2D eigenvalue weighted by Gasteiger charge is -2.39. The van der Waals surface area contributed by atoms with E-state index in [4.69, 9.17) is 16.3 Å². The third-order valence-corrected chi connectivity index (χ3v) is 5.49. The fourth-order valence-electron chi connectivity index (χ4n) is 3.99. The molecule has 0 saturated carbocycles. The SMILES string of the molecule is COC(=O)C1=C(C)NC2=C(C(=O)CC(C)(C)C2)[C@@H]1c1cc([N+](=O)[O-])ccc1Cl. The number of dihydropyridines is 1. The van der Waals surface area contributed by atoms with Gasteiger partial charge in [-0.3, -0.25) is 14.9 Å². The van der Waals surface area contributed by atoms with Crippen LogP contribution >= 0.6 is 11.6 Å². The molecule has 0 spiro atoms. The summed E-state index contributed by atoms with van der Waals surface area (Å²) in [7, 11) is 1.25. The number of methoxy groups -OCH3 is 1. The number of carbonyl (C=O) groups excluding carboxylic acids is 2. The molecule has 148 valence electrons. The molecule has 1 atom stereocenters. The Morgan fingerprint density at radius 3 is 2.64 bits per heavy atom. The topological polar surface area (TPSA) is 98.5 Å². The zero-order valence-corrected chi connectivity index (χ0v) is 16.8. The van der Waals surface area contributed by atoms with Crippen LogP contribution in [0.4, 0.5) is 5.69 Å². The Labute approximate surface area is 167 Å². The normalized spacial score (nSPS) is 21.2. The molecule has 28 heavy (non-hydrogen) atoms. The van der Waals surface area contributed by atoms with Crippen molar-refractivity contribution in [3.05, 3.63) is 61.4 Å². The summed E-state index contributed by atoms with van der Waals surface area (Å²) < 4.78 is 4.94. The molecule has 1 aliphatic carbocycles. The van der Waals surface area contributed by atoms with Crippen LogP contribution in [0.5, 0.6) is 0 Å². The smallest absolute Gasteiger partial charge is 0.336 e.